The Hall–Kier alpha value is -1.35. The molecule has 2 atom stereocenters. The minimum Gasteiger partial charge on any atom is -0.481 e. The van der Waals surface area contributed by atoms with Gasteiger partial charge in [0.15, 0.2) is 0 Å². The average Bonchev–Trinajstić information content (AvgIpc) is 2.67. The number of rotatable bonds is 2. The number of hydrogen-bond acceptors (Lipinski definition) is 2. The van der Waals surface area contributed by atoms with Gasteiger partial charge in [-0.25, -0.2) is 0 Å². The quantitative estimate of drug-likeness (QED) is 0.772. The van der Waals surface area contributed by atoms with Crippen molar-refractivity contribution in [2.45, 2.75) is 5.92 Å². The number of aliphatic carboxylic acids is 1. The lowest BCUT2D eigenvalue weighted by atomic mass is 9.89. The van der Waals surface area contributed by atoms with E-state index in [4.69, 9.17) is 9.84 Å². The third-order valence-electron chi connectivity index (χ3n) is 2.63. The van der Waals surface area contributed by atoms with Crippen molar-refractivity contribution in [3.8, 4) is 0 Å². The molecule has 0 spiro atoms. The van der Waals surface area contributed by atoms with Crippen LogP contribution in [-0.4, -0.2) is 24.3 Å². The zero-order chi connectivity index (χ0) is 9.97. The Bertz CT molecular complexity index is 321. The van der Waals surface area contributed by atoms with Gasteiger partial charge < -0.3 is 9.84 Å². The van der Waals surface area contributed by atoms with Crippen LogP contribution >= 0.6 is 0 Å². The molecule has 0 saturated carbocycles. The molecule has 0 unspecified atom stereocenters. The number of carboxylic acids is 1. The van der Waals surface area contributed by atoms with Gasteiger partial charge in [-0.05, 0) is 5.56 Å². The second-order valence-electron chi connectivity index (χ2n) is 3.50. The van der Waals surface area contributed by atoms with E-state index in [1.54, 1.807) is 0 Å². The van der Waals surface area contributed by atoms with Gasteiger partial charge in [0.2, 0.25) is 0 Å². The summed E-state index contributed by atoms with van der Waals surface area (Å²) >= 11 is 0. The Morgan fingerprint density at radius 3 is 2.64 bits per heavy atom. The van der Waals surface area contributed by atoms with Gasteiger partial charge in [-0.2, -0.15) is 0 Å². The van der Waals surface area contributed by atoms with Crippen LogP contribution in [0.1, 0.15) is 11.5 Å². The van der Waals surface area contributed by atoms with Gasteiger partial charge in [0, 0.05) is 5.92 Å². The molecule has 1 fully saturated rings. The maximum absolute atomic E-state index is 10.9. The summed E-state index contributed by atoms with van der Waals surface area (Å²) in [5.41, 5.74) is 1.05. The van der Waals surface area contributed by atoms with Crippen molar-refractivity contribution in [3.63, 3.8) is 0 Å². The van der Waals surface area contributed by atoms with Crippen LogP contribution in [0.2, 0.25) is 0 Å². The molecule has 1 saturated heterocycles. The minimum atomic E-state index is -0.767. The lowest BCUT2D eigenvalue weighted by Gasteiger charge is -2.13. The summed E-state index contributed by atoms with van der Waals surface area (Å²) in [7, 11) is 0. The third kappa shape index (κ3) is 1.63. The van der Waals surface area contributed by atoms with E-state index in [2.05, 4.69) is 0 Å². The van der Waals surface area contributed by atoms with Crippen LogP contribution < -0.4 is 0 Å². The molecule has 0 radical (unpaired) electrons. The molecular weight excluding hydrogens is 180 g/mol. The molecule has 0 bridgehead atoms. The fraction of sp³-hybridized carbons (Fsp3) is 0.364. The molecule has 3 heteroatoms. The van der Waals surface area contributed by atoms with E-state index in [1.807, 2.05) is 30.3 Å². The van der Waals surface area contributed by atoms with Gasteiger partial charge in [0.05, 0.1) is 19.1 Å². The minimum absolute atomic E-state index is 0.00806. The molecule has 0 amide bonds. The van der Waals surface area contributed by atoms with Crippen LogP contribution in [0.15, 0.2) is 30.3 Å². The van der Waals surface area contributed by atoms with Gasteiger partial charge in [-0.3, -0.25) is 4.79 Å². The first-order valence-electron chi connectivity index (χ1n) is 4.64. The predicted molar refractivity (Wildman–Crippen MR) is 51.1 cm³/mol. The van der Waals surface area contributed by atoms with Crippen molar-refractivity contribution in [2.75, 3.05) is 13.2 Å². The maximum Gasteiger partial charge on any atom is 0.309 e. The molecule has 74 valence electrons. The van der Waals surface area contributed by atoms with Gasteiger partial charge >= 0.3 is 5.97 Å². The number of hydrogen-bond donors (Lipinski definition) is 1. The lowest BCUT2D eigenvalue weighted by Crippen LogP contribution is -2.20. The second kappa shape index (κ2) is 3.80. The van der Waals surface area contributed by atoms with Gasteiger partial charge in [-0.15, -0.1) is 0 Å². The Kier molecular flexibility index (Phi) is 2.50. The first-order chi connectivity index (χ1) is 6.79. The van der Waals surface area contributed by atoms with E-state index in [0.717, 1.165) is 5.56 Å². The Labute approximate surface area is 82.3 Å². The van der Waals surface area contributed by atoms with Crippen LogP contribution in [-0.2, 0) is 9.53 Å². The van der Waals surface area contributed by atoms with Gasteiger partial charge in [0.25, 0.3) is 0 Å². The topological polar surface area (TPSA) is 46.5 Å². The fourth-order valence-electron chi connectivity index (χ4n) is 1.83. The molecule has 1 aromatic rings. The van der Waals surface area contributed by atoms with Crippen molar-refractivity contribution in [1.82, 2.24) is 0 Å². The summed E-state index contributed by atoms with van der Waals surface area (Å²) in [6.07, 6.45) is 0. The number of ether oxygens (including phenoxy) is 1. The predicted octanol–water partition coefficient (Wildman–Crippen LogP) is 1.50. The van der Waals surface area contributed by atoms with Gasteiger partial charge in [-0.1, -0.05) is 30.3 Å². The number of carboxylic acid groups (broad SMARTS) is 1. The summed E-state index contributed by atoms with van der Waals surface area (Å²) < 4.78 is 5.20. The number of carbonyl (C=O) groups is 1. The summed E-state index contributed by atoms with van der Waals surface area (Å²) in [5.74, 6) is -1.15. The fourth-order valence-corrected chi connectivity index (χ4v) is 1.83. The molecular formula is C11H12O3. The Morgan fingerprint density at radius 1 is 1.29 bits per heavy atom. The molecule has 1 aliphatic heterocycles. The van der Waals surface area contributed by atoms with E-state index in [0.29, 0.717) is 13.2 Å². The van der Waals surface area contributed by atoms with Gasteiger partial charge in [0.1, 0.15) is 0 Å². The monoisotopic (exact) mass is 192 g/mol. The molecule has 1 aliphatic rings. The summed E-state index contributed by atoms with van der Waals surface area (Å²) in [6.45, 7) is 0.843. The molecule has 3 nitrogen and oxygen atoms in total. The molecule has 0 aliphatic carbocycles. The highest BCUT2D eigenvalue weighted by Crippen LogP contribution is 2.30. The second-order valence-corrected chi connectivity index (χ2v) is 3.50. The normalized spacial score (nSPS) is 26.3. The van der Waals surface area contributed by atoms with Crippen LogP contribution in [0.3, 0.4) is 0 Å². The zero-order valence-corrected chi connectivity index (χ0v) is 7.72. The standard InChI is InChI=1S/C11H12O3/c12-11(13)10-7-14-6-9(10)8-4-2-1-3-5-8/h1-5,9-10H,6-7H2,(H,12,13)/t9-,10-/m1/s1. The van der Waals surface area contributed by atoms with E-state index >= 15 is 0 Å². The SMILES string of the molecule is O=C(O)[C@@H]1COC[C@@H]1c1ccccc1. The smallest absolute Gasteiger partial charge is 0.309 e. The van der Waals surface area contributed by atoms with Crippen molar-refractivity contribution in [3.05, 3.63) is 35.9 Å². The Balaban J connectivity index is 2.22. The summed E-state index contributed by atoms with van der Waals surface area (Å²) in [5, 5.41) is 8.96. The van der Waals surface area contributed by atoms with Crippen molar-refractivity contribution in [2.24, 2.45) is 5.92 Å². The Morgan fingerprint density at radius 2 is 2.00 bits per heavy atom. The van der Waals surface area contributed by atoms with Crippen LogP contribution in [0.5, 0.6) is 0 Å². The highest BCUT2D eigenvalue weighted by molar-refractivity contribution is 5.72. The molecule has 1 N–H and O–H groups in total. The lowest BCUT2D eigenvalue weighted by molar-refractivity contribution is -0.142. The maximum atomic E-state index is 10.9. The highest BCUT2D eigenvalue weighted by Gasteiger charge is 2.34. The van der Waals surface area contributed by atoms with Crippen LogP contribution in [0.25, 0.3) is 0 Å². The molecule has 1 heterocycles. The van der Waals surface area contributed by atoms with Crippen LogP contribution in [0.4, 0.5) is 0 Å². The molecule has 1 aromatic carbocycles. The van der Waals surface area contributed by atoms with Crippen molar-refractivity contribution < 1.29 is 14.6 Å². The van der Waals surface area contributed by atoms with Crippen molar-refractivity contribution >= 4 is 5.97 Å². The number of benzene rings is 1. The van der Waals surface area contributed by atoms with E-state index in [1.165, 1.54) is 0 Å². The summed E-state index contributed by atoms with van der Waals surface area (Å²) in [4.78, 5) is 10.9. The molecule has 2 rings (SSSR count). The largest absolute Gasteiger partial charge is 0.481 e. The van der Waals surface area contributed by atoms with E-state index in [-0.39, 0.29) is 5.92 Å². The van der Waals surface area contributed by atoms with Crippen molar-refractivity contribution in [1.29, 1.82) is 0 Å². The first-order valence-corrected chi connectivity index (χ1v) is 4.64. The summed E-state index contributed by atoms with van der Waals surface area (Å²) in [6, 6.07) is 9.68. The molecule has 14 heavy (non-hydrogen) atoms. The van der Waals surface area contributed by atoms with E-state index in [9.17, 15) is 4.79 Å². The van der Waals surface area contributed by atoms with Crippen LogP contribution in [0, 0.1) is 5.92 Å². The zero-order valence-electron chi connectivity index (χ0n) is 7.72. The first kappa shape index (κ1) is 9.21. The highest BCUT2D eigenvalue weighted by atomic mass is 16.5. The third-order valence-corrected chi connectivity index (χ3v) is 2.63. The molecule has 0 aromatic heterocycles. The average molecular weight is 192 g/mol. The van der Waals surface area contributed by atoms with E-state index < -0.39 is 11.9 Å².